The minimum absolute atomic E-state index is 0.0557. The lowest BCUT2D eigenvalue weighted by atomic mass is 9.92. The summed E-state index contributed by atoms with van der Waals surface area (Å²) in [5.41, 5.74) is 3.15. The third kappa shape index (κ3) is 3.87. The Balaban J connectivity index is 2.23. The maximum Gasteiger partial charge on any atom is 0.118 e. The number of methoxy groups -OCH3 is 1. The first-order chi connectivity index (χ1) is 11.8. The number of hydrogen-bond donors (Lipinski definition) is 2. The van der Waals surface area contributed by atoms with Crippen LogP contribution in [0.3, 0.4) is 0 Å². The van der Waals surface area contributed by atoms with Gasteiger partial charge in [-0.05, 0) is 113 Å². The van der Waals surface area contributed by atoms with Gasteiger partial charge in [0, 0.05) is 11.4 Å². The molecule has 9 heteroatoms. The molecule has 0 aliphatic heterocycles. The van der Waals surface area contributed by atoms with E-state index in [-0.39, 0.29) is 5.92 Å². The van der Waals surface area contributed by atoms with Gasteiger partial charge in [0.2, 0.25) is 0 Å². The molecule has 2 N–H and O–H groups in total. The molecule has 0 atom stereocenters. The second-order valence-corrected chi connectivity index (χ2v) is 9.93. The predicted octanol–water partition coefficient (Wildman–Crippen LogP) is 8.11. The van der Waals surface area contributed by atoms with E-state index in [0.29, 0.717) is 0 Å². The average Bonchev–Trinajstić information content (AvgIpc) is 3.01. The number of benzene rings is 1. The highest BCUT2D eigenvalue weighted by Gasteiger charge is 2.28. The lowest BCUT2D eigenvalue weighted by Crippen LogP contribution is -2.06. The molecule has 0 spiro atoms. The van der Waals surface area contributed by atoms with E-state index in [1.807, 2.05) is 12.1 Å². The number of aromatic amines is 2. The molecule has 3 aromatic rings. The van der Waals surface area contributed by atoms with Gasteiger partial charge in [0.05, 0.1) is 40.1 Å². The lowest BCUT2D eigenvalue weighted by Gasteiger charge is -2.18. The molecule has 3 nitrogen and oxygen atoms in total. The molecule has 0 amide bonds. The number of hydrogen-bond acceptors (Lipinski definition) is 1. The van der Waals surface area contributed by atoms with Crippen molar-refractivity contribution in [2.24, 2.45) is 0 Å². The van der Waals surface area contributed by atoms with Crippen LogP contribution in [0, 0.1) is 0 Å². The molecule has 1 aromatic carbocycles. The Morgan fingerprint density at radius 1 is 0.720 bits per heavy atom. The molecular weight excluding hydrogens is 716 g/mol. The van der Waals surface area contributed by atoms with Crippen LogP contribution in [0.5, 0.6) is 5.75 Å². The molecular formula is C16H10Br6N2O. The summed E-state index contributed by atoms with van der Waals surface area (Å²) in [6.45, 7) is 0. The Morgan fingerprint density at radius 3 is 1.48 bits per heavy atom. The Labute approximate surface area is 195 Å². The molecule has 0 radical (unpaired) electrons. The van der Waals surface area contributed by atoms with Crippen molar-refractivity contribution in [1.82, 2.24) is 9.97 Å². The molecule has 0 saturated heterocycles. The maximum atomic E-state index is 5.29. The second-order valence-electron chi connectivity index (χ2n) is 5.17. The molecule has 0 bridgehead atoms. The van der Waals surface area contributed by atoms with Crippen molar-refractivity contribution < 1.29 is 4.74 Å². The quantitative estimate of drug-likeness (QED) is 0.281. The van der Waals surface area contributed by atoms with E-state index in [2.05, 4.69) is 118 Å². The molecule has 132 valence electrons. The lowest BCUT2D eigenvalue weighted by molar-refractivity contribution is 0.414. The Morgan fingerprint density at radius 2 is 1.16 bits per heavy atom. The summed E-state index contributed by atoms with van der Waals surface area (Å²) < 4.78 is 10.9. The van der Waals surface area contributed by atoms with E-state index in [1.165, 1.54) is 0 Å². The summed E-state index contributed by atoms with van der Waals surface area (Å²) in [7, 11) is 1.66. The number of halogens is 6. The number of nitrogens with one attached hydrogen (secondary N) is 2. The summed E-state index contributed by atoms with van der Waals surface area (Å²) in [5.74, 6) is 0.767. The Bertz CT molecular complexity index is 864. The van der Waals surface area contributed by atoms with Crippen molar-refractivity contribution in [2.75, 3.05) is 7.11 Å². The van der Waals surface area contributed by atoms with E-state index in [4.69, 9.17) is 4.74 Å². The highest BCUT2D eigenvalue weighted by Crippen LogP contribution is 2.46. The van der Waals surface area contributed by atoms with E-state index in [0.717, 1.165) is 49.8 Å². The molecule has 0 aliphatic carbocycles. The van der Waals surface area contributed by atoms with Crippen LogP contribution in [0.4, 0.5) is 0 Å². The fraction of sp³-hybridized carbons (Fsp3) is 0.125. The molecule has 0 unspecified atom stereocenters. The first-order valence-corrected chi connectivity index (χ1v) is 11.7. The second kappa shape index (κ2) is 8.22. The summed E-state index contributed by atoms with van der Waals surface area (Å²) in [4.78, 5) is 6.83. The maximum absolute atomic E-state index is 5.29. The van der Waals surface area contributed by atoms with Crippen molar-refractivity contribution in [3.05, 3.63) is 68.3 Å². The first kappa shape index (κ1) is 20.2. The zero-order valence-corrected chi connectivity index (χ0v) is 22.1. The fourth-order valence-electron chi connectivity index (χ4n) is 2.56. The SMILES string of the molecule is COc1ccc(C(c2[nH]c(Br)c(Br)c2Br)c2[nH]c(Br)c(Br)c2Br)cc1. The van der Waals surface area contributed by atoms with Crippen LogP contribution in [0.1, 0.15) is 22.9 Å². The van der Waals surface area contributed by atoms with Gasteiger partial charge in [-0.1, -0.05) is 12.1 Å². The predicted molar refractivity (Wildman–Crippen MR) is 122 cm³/mol. The van der Waals surface area contributed by atoms with Crippen molar-refractivity contribution >= 4 is 95.6 Å². The van der Waals surface area contributed by atoms with Gasteiger partial charge in [0.1, 0.15) is 5.75 Å². The average molecular weight is 726 g/mol. The Hall–Kier alpha value is 0.460. The molecule has 2 aromatic heterocycles. The third-order valence-corrected chi connectivity index (χ3v) is 10.3. The van der Waals surface area contributed by atoms with Crippen molar-refractivity contribution in [3.8, 4) is 5.75 Å². The molecule has 0 saturated carbocycles. The van der Waals surface area contributed by atoms with Gasteiger partial charge in [0.25, 0.3) is 0 Å². The van der Waals surface area contributed by atoms with Crippen LogP contribution < -0.4 is 4.74 Å². The molecule has 3 rings (SSSR count). The van der Waals surface area contributed by atoms with Crippen molar-refractivity contribution in [2.45, 2.75) is 5.92 Å². The summed E-state index contributed by atoms with van der Waals surface area (Å²) in [5, 5.41) is 0. The molecule has 2 heterocycles. The van der Waals surface area contributed by atoms with E-state index in [1.54, 1.807) is 7.11 Å². The van der Waals surface area contributed by atoms with Crippen LogP contribution in [-0.2, 0) is 0 Å². The van der Waals surface area contributed by atoms with Gasteiger partial charge < -0.3 is 14.7 Å². The fourth-order valence-corrected chi connectivity index (χ4v) is 5.59. The highest BCUT2D eigenvalue weighted by molar-refractivity contribution is 9.15. The molecule has 25 heavy (non-hydrogen) atoms. The topological polar surface area (TPSA) is 40.8 Å². The number of ether oxygens (including phenoxy) is 1. The summed E-state index contributed by atoms with van der Waals surface area (Å²) in [6.07, 6.45) is 0. The van der Waals surface area contributed by atoms with Crippen LogP contribution in [-0.4, -0.2) is 17.1 Å². The standard InChI is InChI=1S/C16H10Br6N2O/c1-25-7-4-2-6(3-5-7)8(13-9(17)11(19)15(21)23-13)14-10(18)12(20)16(22)24-14/h2-5,8,23-24H,1H3. The van der Waals surface area contributed by atoms with Crippen molar-refractivity contribution in [3.63, 3.8) is 0 Å². The number of aromatic nitrogens is 2. The van der Waals surface area contributed by atoms with Crippen LogP contribution in [0.2, 0.25) is 0 Å². The zero-order valence-electron chi connectivity index (χ0n) is 12.6. The first-order valence-electron chi connectivity index (χ1n) is 6.93. The van der Waals surface area contributed by atoms with E-state index in [9.17, 15) is 0 Å². The van der Waals surface area contributed by atoms with Gasteiger partial charge in [-0.25, -0.2) is 0 Å². The zero-order chi connectivity index (χ0) is 18.3. The van der Waals surface area contributed by atoms with Crippen molar-refractivity contribution in [1.29, 1.82) is 0 Å². The molecule has 0 fully saturated rings. The van der Waals surface area contributed by atoms with Gasteiger partial charge in [0.15, 0.2) is 0 Å². The van der Waals surface area contributed by atoms with E-state index >= 15 is 0 Å². The van der Waals surface area contributed by atoms with Gasteiger partial charge in [-0.3, -0.25) is 0 Å². The summed E-state index contributed by atoms with van der Waals surface area (Å²) in [6, 6.07) is 8.05. The normalized spacial score (nSPS) is 11.4. The smallest absolute Gasteiger partial charge is 0.118 e. The monoisotopic (exact) mass is 720 g/mol. The third-order valence-electron chi connectivity index (χ3n) is 3.76. The van der Waals surface area contributed by atoms with Crippen LogP contribution in [0.25, 0.3) is 0 Å². The highest BCUT2D eigenvalue weighted by atomic mass is 79.9. The van der Waals surface area contributed by atoms with Gasteiger partial charge >= 0.3 is 0 Å². The number of H-pyrrole nitrogens is 2. The summed E-state index contributed by atoms with van der Waals surface area (Å²) >= 11 is 21.7. The molecule has 0 aliphatic rings. The van der Waals surface area contributed by atoms with Crippen LogP contribution in [0.15, 0.2) is 51.4 Å². The largest absolute Gasteiger partial charge is 0.497 e. The van der Waals surface area contributed by atoms with Crippen LogP contribution >= 0.6 is 95.6 Å². The van der Waals surface area contributed by atoms with Gasteiger partial charge in [-0.2, -0.15) is 0 Å². The van der Waals surface area contributed by atoms with E-state index < -0.39 is 0 Å². The Kier molecular flexibility index (Phi) is 6.64. The number of rotatable bonds is 4. The minimum Gasteiger partial charge on any atom is -0.497 e. The minimum atomic E-state index is -0.0557. The van der Waals surface area contributed by atoms with Gasteiger partial charge in [-0.15, -0.1) is 0 Å².